The predicted molar refractivity (Wildman–Crippen MR) is 104 cm³/mol. The first-order valence-corrected chi connectivity index (χ1v) is 9.16. The van der Waals surface area contributed by atoms with Crippen LogP contribution in [-0.2, 0) is 13.0 Å². The molecule has 0 aliphatic carbocycles. The maximum absolute atomic E-state index is 13.4. The Labute approximate surface area is 156 Å². The highest BCUT2D eigenvalue weighted by Crippen LogP contribution is 2.25. The summed E-state index contributed by atoms with van der Waals surface area (Å²) < 4.78 is 13.4. The molecule has 0 atom stereocenters. The van der Waals surface area contributed by atoms with Crippen molar-refractivity contribution in [2.75, 3.05) is 6.54 Å². The number of halogens is 1. The highest BCUT2D eigenvalue weighted by Gasteiger charge is 2.24. The van der Waals surface area contributed by atoms with Crippen molar-refractivity contribution >= 4 is 16.8 Å². The van der Waals surface area contributed by atoms with E-state index in [4.69, 9.17) is 0 Å². The van der Waals surface area contributed by atoms with Gasteiger partial charge < -0.3 is 9.88 Å². The van der Waals surface area contributed by atoms with E-state index < -0.39 is 11.4 Å². The zero-order valence-corrected chi connectivity index (χ0v) is 15.4. The Kier molecular flexibility index (Phi) is 4.30. The number of nitrogens with one attached hydrogen (secondary N) is 1. The van der Waals surface area contributed by atoms with Gasteiger partial charge in [0.15, 0.2) is 0 Å². The van der Waals surface area contributed by atoms with Crippen LogP contribution < -0.4 is 5.56 Å². The van der Waals surface area contributed by atoms with Gasteiger partial charge >= 0.3 is 0 Å². The molecule has 1 aliphatic heterocycles. The zero-order valence-electron chi connectivity index (χ0n) is 15.4. The van der Waals surface area contributed by atoms with Gasteiger partial charge in [-0.25, -0.2) is 4.39 Å². The number of carbonyl (C=O) groups is 1. The highest BCUT2D eigenvalue weighted by atomic mass is 19.1. The molecule has 0 unspecified atom stereocenters. The molecule has 0 fully saturated rings. The molecule has 2 aromatic carbocycles. The van der Waals surface area contributed by atoms with E-state index in [1.54, 1.807) is 17.0 Å². The summed E-state index contributed by atoms with van der Waals surface area (Å²) in [6.45, 7) is 5.36. The third kappa shape index (κ3) is 3.25. The van der Waals surface area contributed by atoms with Gasteiger partial charge in [0.25, 0.3) is 11.5 Å². The topological polar surface area (TPSA) is 53.2 Å². The first kappa shape index (κ1) is 17.5. The minimum atomic E-state index is -0.486. The summed E-state index contributed by atoms with van der Waals surface area (Å²) in [5.74, 6) is -0.293. The number of aromatic nitrogens is 1. The van der Waals surface area contributed by atoms with Gasteiger partial charge in [-0.15, -0.1) is 0 Å². The molecule has 138 valence electrons. The van der Waals surface area contributed by atoms with E-state index in [-0.39, 0.29) is 11.5 Å². The third-order valence-corrected chi connectivity index (χ3v) is 5.23. The summed E-state index contributed by atoms with van der Waals surface area (Å²) in [6.07, 6.45) is 0.774. The number of aromatic amines is 1. The number of pyridine rings is 1. The number of carbonyl (C=O) groups excluding carboxylic acids is 1. The summed E-state index contributed by atoms with van der Waals surface area (Å²) >= 11 is 0. The van der Waals surface area contributed by atoms with Gasteiger partial charge in [0.05, 0.1) is 5.52 Å². The van der Waals surface area contributed by atoms with E-state index >= 15 is 0 Å². The minimum absolute atomic E-state index is 0.0950. The van der Waals surface area contributed by atoms with Gasteiger partial charge in [0.1, 0.15) is 11.4 Å². The fourth-order valence-corrected chi connectivity index (χ4v) is 3.61. The number of fused-ring (bicyclic) bond motifs is 2. The average Bonchev–Trinajstić information content (AvgIpc) is 2.65. The predicted octanol–water partition coefficient (Wildman–Crippen LogP) is 3.99. The summed E-state index contributed by atoms with van der Waals surface area (Å²) in [5, 5.41) is 0.638. The Balaban J connectivity index is 1.67. The minimum Gasteiger partial charge on any atom is -0.334 e. The molecule has 0 saturated heterocycles. The van der Waals surface area contributed by atoms with Crippen molar-refractivity contribution < 1.29 is 9.18 Å². The number of hydrogen-bond acceptors (Lipinski definition) is 2. The average molecular weight is 364 g/mol. The van der Waals surface area contributed by atoms with Crippen molar-refractivity contribution in [2.24, 2.45) is 0 Å². The second-order valence-corrected chi connectivity index (χ2v) is 7.40. The SMILES string of the molecule is CC(C)c1ccc2c(c1)CN(C(=O)c1cc3ccc(F)cc3[nH]c1=O)CC2. The molecule has 5 heteroatoms. The van der Waals surface area contributed by atoms with Gasteiger partial charge in [-0.1, -0.05) is 32.0 Å². The summed E-state index contributed by atoms with van der Waals surface area (Å²) in [7, 11) is 0. The summed E-state index contributed by atoms with van der Waals surface area (Å²) in [5.41, 5.74) is 3.64. The van der Waals surface area contributed by atoms with Gasteiger partial charge in [-0.2, -0.15) is 0 Å². The lowest BCUT2D eigenvalue weighted by Crippen LogP contribution is -2.38. The van der Waals surface area contributed by atoms with Crippen molar-refractivity contribution in [1.29, 1.82) is 0 Å². The number of rotatable bonds is 2. The molecular formula is C22H21FN2O2. The second kappa shape index (κ2) is 6.65. The molecule has 0 saturated carbocycles. The highest BCUT2D eigenvalue weighted by molar-refractivity contribution is 5.97. The van der Waals surface area contributed by atoms with Crippen molar-refractivity contribution in [3.63, 3.8) is 0 Å². The fourth-order valence-electron chi connectivity index (χ4n) is 3.61. The Hall–Kier alpha value is -2.95. The van der Waals surface area contributed by atoms with Crippen LogP contribution in [0.4, 0.5) is 4.39 Å². The van der Waals surface area contributed by atoms with Crippen molar-refractivity contribution in [1.82, 2.24) is 9.88 Å². The molecule has 1 amide bonds. The molecule has 1 N–H and O–H groups in total. The number of hydrogen-bond donors (Lipinski definition) is 1. The molecule has 1 aromatic heterocycles. The van der Waals surface area contributed by atoms with Gasteiger partial charge in [0.2, 0.25) is 0 Å². The Bertz CT molecular complexity index is 1100. The second-order valence-electron chi connectivity index (χ2n) is 7.40. The van der Waals surface area contributed by atoms with E-state index in [2.05, 4.69) is 37.0 Å². The van der Waals surface area contributed by atoms with Gasteiger partial charge in [-0.05, 0) is 58.7 Å². The first-order valence-electron chi connectivity index (χ1n) is 9.16. The van der Waals surface area contributed by atoms with Gasteiger partial charge in [-0.3, -0.25) is 9.59 Å². The fraction of sp³-hybridized carbons (Fsp3) is 0.273. The number of H-pyrrole nitrogens is 1. The monoisotopic (exact) mass is 364 g/mol. The van der Waals surface area contributed by atoms with E-state index in [1.165, 1.54) is 23.3 Å². The molecule has 0 radical (unpaired) electrons. The molecule has 0 spiro atoms. The zero-order chi connectivity index (χ0) is 19.1. The summed E-state index contributed by atoms with van der Waals surface area (Å²) in [4.78, 5) is 29.7. The van der Waals surface area contributed by atoms with Gasteiger partial charge in [0, 0.05) is 13.1 Å². The summed E-state index contributed by atoms with van der Waals surface area (Å²) in [6, 6.07) is 12.1. The third-order valence-electron chi connectivity index (χ3n) is 5.23. The maximum atomic E-state index is 13.4. The lowest BCUT2D eigenvalue weighted by atomic mass is 9.93. The molecule has 27 heavy (non-hydrogen) atoms. The maximum Gasteiger partial charge on any atom is 0.261 e. The van der Waals surface area contributed by atoms with Crippen LogP contribution in [0.3, 0.4) is 0 Å². The van der Waals surface area contributed by atoms with E-state index in [0.717, 1.165) is 12.0 Å². The van der Waals surface area contributed by atoms with Crippen molar-refractivity contribution in [3.05, 3.63) is 80.9 Å². The van der Waals surface area contributed by atoms with Crippen LogP contribution in [0.25, 0.3) is 10.9 Å². The molecule has 4 nitrogen and oxygen atoms in total. The number of benzene rings is 2. The molecule has 0 bridgehead atoms. The van der Waals surface area contributed by atoms with Crippen LogP contribution in [0.1, 0.15) is 46.8 Å². The molecule has 2 heterocycles. The normalized spacial score (nSPS) is 13.9. The molecule has 1 aliphatic rings. The molecular weight excluding hydrogens is 343 g/mol. The molecule has 3 aromatic rings. The smallest absolute Gasteiger partial charge is 0.261 e. The number of nitrogens with zero attached hydrogens (tertiary/aromatic N) is 1. The van der Waals surface area contributed by atoms with Crippen LogP contribution >= 0.6 is 0 Å². The van der Waals surface area contributed by atoms with E-state index in [1.807, 2.05) is 0 Å². The Morgan fingerprint density at radius 2 is 1.93 bits per heavy atom. The van der Waals surface area contributed by atoms with Crippen LogP contribution in [-0.4, -0.2) is 22.3 Å². The lowest BCUT2D eigenvalue weighted by molar-refractivity contribution is 0.0733. The van der Waals surface area contributed by atoms with Crippen molar-refractivity contribution in [3.8, 4) is 0 Å². The number of amides is 1. The Morgan fingerprint density at radius 1 is 1.11 bits per heavy atom. The largest absolute Gasteiger partial charge is 0.334 e. The van der Waals surface area contributed by atoms with E-state index in [9.17, 15) is 14.0 Å². The van der Waals surface area contributed by atoms with Crippen LogP contribution in [0.5, 0.6) is 0 Å². The molecule has 4 rings (SSSR count). The Morgan fingerprint density at radius 3 is 2.70 bits per heavy atom. The van der Waals surface area contributed by atoms with Crippen LogP contribution in [0, 0.1) is 5.82 Å². The van der Waals surface area contributed by atoms with Crippen LogP contribution in [0.15, 0.2) is 47.3 Å². The lowest BCUT2D eigenvalue weighted by Gasteiger charge is -2.29. The van der Waals surface area contributed by atoms with Crippen LogP contribution in [0.2, 0.25) is 0 Å². The standard InChI is InChI=1S/C22H21FN2O2/c1-13(2)15-4-3-14-7-8-25(12-17(14)9-15)22(27)19-10-16-5-6-18(23)11-20(16)24-21(19)26/h3-6,9-11,13H,7-8,12H2,1-2H3,(H,24,26). The quantitative estimate of drug-likeness (QED) is 0.748. The van der Waals surface area contributed by atoms with Crippen molar-refractivity contribution in [2.45, 2.75) is 32.7 Å². The van der Waals surface area contributed by atoms with E-state index in [0.29, 0.717) is 29.9 Å². The first-order chi connectivity index (χ1) is 12.9.